The van der Waals surface area contributed by atoms with Gasteiger partial charge in [-0.05, 0) is 23.6 Å². The normalized spacial score (nSPS) is 19.9. The lowest BCUT2D eigenvalue weighted by atomic mass is 9.79. The van der Waals surface area contributed by atoms with Gasteiger partial charge in [0, 0.05) is 12.1 Å². The quantitative estimate of drug-likeness (QED) is 0.909. The number of amides is 1. The minimum Gasteiger partial charge on any atom is -0.481 e. The largest absolute Gasteiger partial charge is 0.481 e. The van der Waals surface area contributed by atoms with Gasteiger partial charge in [0.05, 0.1) is 6.04 Å². The van der Waals surface area contributed by atoms with Crippen LogP contribution in [-0.2, 0) is 4.79 Å². The van der Waals surface area contributed by atoms with Crippen molar-refractivity contribution in [2.24, 2.45) is 0 Å². The van der Waals surface area contributed by atoms with Gasteiger partial charge < -0.3 is 10.0 Å². The van der Waals surface area contributed by atoms with Crippen LogP contribution in [0.2, 0.25) is 0 Å². The Bertz CT molecular complexity index is 742. The highest BCUT2D eigenvalue weighted by Crippen LogP contribution is 2.42. The molecule has 24 heavy (non-hydrogen) atoms. The molecule has 0 spiro atoms. The average molecular weight is 323 g/mol. The van der Waals surface area contributed by atoms with Gasteiger partial charge in [0.1, 0.15) is 5.92 Å². The van der Waals surface area contributed by atoms with Crippen LogP contribution in [0.4, 0.5) is 0 Å². The first kappa shape index (κ1) is 16.2. The predicted molar refractivity (Wildman–Crippen MR) is 91.9 cm³/mol. The Balaban J connectivity index is 2.16. The Morgan fingerprint density at radius 2 is 1.75 bits per heavy atom. The number of carboxylic acids is 1. The van der Waals surface area contributed by atoms with Crippen molar-refractivity contribution < 1.29 is 14.7 Å². The van der Waals surface area contributed by atoms with Crippen LogP contribution < -0.4 is 0 Å². The van der Waals surface area contributed by atoms with Gasteiger partial charge >= 0.3 is 5.97 Å². The fourth-order valence-corrected chi connectivity index (χ4v) is 3.45. The van der Waals surface area contributed by atoms with E-state index < -0.39 is 17.9 Å². The number of carboxylic acid groups (broad SMARTS) is 1. The fourth-order valence-electron chi connectivity index (χ4n) is 3.45. The lowest BCUT2D eigenvalue weighted by Crippen LogP contribution is -2.45. The highest BCUT2D eigenvalue weighted by Gasteiger charge is 2.43. The number of unbranched alkanes of at least 4 members (excludes halogenated alkanes) is 1. The molecule has 1 N–H and O–H groups in total. The molecular formula is C20H21NO3. The van der Waals surface area contributed by atoms with Crippen molar-refractivity contribution in [1.82, 2.24) is 4.90 Å². The van der Waals surface area contributed by atoms with Crippen LogP contribution in [0.3, 0.4) is 0 Å². The van der Waals surface area contributed by atoms with Gasteiger partial charge in [0.2, 0.25) is 0 Å². The standard InChI is InChI=1S/C20H21NO3/c1-2-3-13-21-18(14-9-5-4-6-10-14)17(20(23)24)15-11-7-8-12-16(15)19(21)22/h4-12,17-18H,2-3,13H2,1H3,(H,23,24)/t17-,18+/m0/s1. The van der Waals surface area contributed by atoms with Crippen LogP contribution in [0.25, 0.3) is 0 Å². The number of hydrogen-bond donors (Lipinski definition) is 1. The summed E-state index contributed by atoms with van der Waals surface area (Å²) in [6, 6.07) is 16.1. The molecule has 2 aromatic carbocycles. The van der Waals surface area contributed by atoms with Crippen molar-refractivity contribution in [2.75, 3.05) is 6.54 Å². The number of fused-ring (bicyclic) bond motifs is 1. The van der Waals surface area contributed by atoms with E-state index in [0.29, 0.717) is 17.7 Å². The monoisotopic (exact) mass is 323 g/mol. The molecule has 0 fully saturated rings. The summed E-state index contributed by atoms with van der Waals surface area (Å²) < 4.78 is 0. The number of rotatable bonds is 5. The zero-order valence-corrected chi connectivity index (χ0v) is 13.7. The van der Waals surface area contributed by atoms with Gasteiger partial charge in [-0.1, -0.05) is 61.9 Å². The highest BCUT2D eigenvalue weighted by atomic mass is 16.4. The van der Waals surface area contributed by atoms with Crippen LogP contribution in [0, 0.1) is 0 Å². The van der Waals surface area contributed by atoms with Crippen LogP contribution in [0.15, 0.2) is 54.6 Å². The molecule has 2 atom stereocenters. The molecule has 2 aromatic rings. The van der Waals surface area contributed by atoms with Crippen LogP contribution in [-0.4, -0.2) is 28.4 Å². The molecular weight excluding hydrogens is 302 g/mol. The van der Waals surface area contributed by atoms with Crippen molar-refractivity contribution in [3.63, 3.8) is 0 Å². The molecule has 4 heteroatoms. The summed E-state index contributed by atoms with van der Waals surface area (Å²) in [4.78, 5) is 26.8. The van der Waals surface area contributed by atoms with E-state index in [2.05, 4.69) is 6.92 Å². The van der Waals surface area contributed by atoms with E-state index >= 15 is 0 Å². The van der Waals surface area contributed by atoms with Crippen molar-refractivity contribution in [3.05, 3.63) is 71.3 Å². The Morgan fingerprint density at radius 3 is 2.42 bits per heavy atom. The summed E-state index contributed by atoms with van der Waals surface area (Å²) in [7, 11) is 0. The van der Waals surface area contributed by atoms with Crippen LogP contribution >= 0.6 is 0 Å². The van der Waals surface area contributed by atoms with Gasteiger partial charge in [-0.3, -0.25) is 9.59 Å². The molecule has 3 rings (SSSR count). The van der Waals surface area contributed by atoms with Crippen molar-refractivity contribution in [2.45, 2.75) is 31.7 Å². The zero-order valence-electron chi connectivity index (χ0n) is 13.7. The molecule has 1 aliphatic rings. The maximum Gasteiger partial charge on any atom is 0.313 e. The molecule has 0 saturated carbocycles. The smallest absolute Gasteiger partial charge is 0.313 e. The second-order valence-electron chi connectivity index (χ2n) is 6.11. The molecule has 1 amide bonds. The molecule has 0 radical (unpaired) electrons. The van der Waals surface area contributed by atoms with E-state index in [-0.39, 0.29) is 5.91 Å². The highest BCUT2D eigenvalue weighted by molar-refractivity contribution is 6.00. The van der Waals surface area contributed by atoms with Crippen molar-refractivity contribution >= 4 is 11.9 Å². The van der Waals surface area contributed by atoms with Crippen molar-refractivity contribution in [1.29, 1.82) is 0 Å². The van der Waals surface area contributed by atoms with Gasteiger partial charge in [-0.25, -0.2) is 0 Å². The molecule has 0 saturated heterocycles. The third-order valence-electron chi connectivity index (χ3n) is 4.60. The Labute approximate surface area is 141 Å². The average Bonchev–Trinajstić information content (AvgIpc) is 2.61. The summed E-state index contributed by atoms with van der Waals surface area (Å²) in [5, 5.41) is 9.91. The van der Waals surface area contributed by atoms with E-state index in [4.69, 9.17) is 0 Å². The predicted octanol–water partition coefficient (Wildman–Crippen LogP) is 3.85. The lowest BCUT2D eigenvalue weighted by Gasteiger charge is -2.41. The minimum atomic E-state index is -0.898. The molecule has 0 aliphatic carbocycles. The SMILES string of the molecule is CCCCN1C(=O)c2ccccc2[C@H](C(=O)O)[C@H]1c1ccccc1. The first-order chi connectivity index (χ1) is 11.6. The number of benzene rings is 2. The second kappa shape index (κ2) is 6.87. The van der Waals surface area contributed by atoms with Gasteiger partial charge in [-0.2, -0.15) is 0 Å². The van der Waals surface area contributed by atoms with Crippen molar-refractivity contribution in [3.8, 4) is 0 Å². The summed E-state index contributed by atoms with van der Waals surface area (Å²) in [5.74, 6) is -1.73. The maximum absolute atomic E-state index is 13.0. The van der Waals surface area contributed by atoms with E-state index in [9.17, 15) is 14.7 Å². The summed E-state index contributed by atoms with van der Waals surface area (Å²) in [6.07, 6.45) is 1.80. The number of carbonyl (C=O) groups excluding carboxylic acids is 1. The lowest BCUT2D eigenvalue weighted by molar-refractivity contribution is -0.140. The molecule has 124 valence electrons. The number of hydrogen-bond acceptors (Lipinski definition) is 2. The first-order valence-corrected chi connectivity index (χ1v) is 8.32. The molecule has 0 bridgehead atoms. The molecule has 1 heterocycles. The topological polar surface area (TPSA) is 57.6 Å². The van der Waals surface area contributed by atoms with Gasteiger partial charge in [0.25, 0.3) is 5.91 Å². The third kappa shape index (κ3) is 2.80. The van der Waals surface area contributed by atoms with Gasteiger partial charge in [-0.15, -0.1) is 0 Å². The fraction of sp³-hybridized carbons (Fsp3) is 0.300. The number of nitrogens with zero attached hydrogens (tertiary/aromatic N) is 1. The van der Waals surface area contributed by atoms with E-state index in [0.717, 1.165) is 18.4 Å². The Morgan fingerprint density at radius 1 is 1.08 bits per heavy atom. The molecule has 0 unspecified atom stereocenters. The number of carbonyl (C=O) groups is 2. The number of aliphatic carboxylic acids is 1. The third-order valence-corrected chi connectivity index (χ3v) is 4.60. The Hall–Kier alpha value is -2.62. The maximum atomic E-state index is 13.0. The second-order valence-corrected chi connectivity index (χ2v) is 6.11. The molecule has 4 nitrogen and oxygen atoms in total. The first-order valence-electron chi connectivity index (χ1n) is 8.32. The van der Waals surface area contributed by atoms with Gasteiger partial charge in [0.15, 0.2) is 0 Å². The Kier molecular flexibility index (Phi) is 4.65. The minimum absolute atomic E-state index is 0.0783. The summed E-state index contributed by atoms with van der Waals surface area (Å²) in [6.45, 7) is 2.63. The van der Waals surface area contributed by atoms with E-state index in [1.54, 1.807) is 29.2 Å². The van der Waals surface area contributed by atoms with E-state index in [1.807, 2.05) is 30.3 Å². The van der Waals surface area contributed by atoms with Crippen LogP contribution in [0.1, 0.15) is 53.2 Å². The zero-order chi connectivity index (χ0) is 17.1. The van der Waals surface area contributed by atoms with Crippen LogP contribution in [0.5, 0.6) is 0 Å². The summed E-state index contributed by atoms with van der Waals surface area (Å²) >= 11 is 0. The summed E-state index contributed by atoms with van der Waals surface area (Å²) in [5.41, 5.74) is 1.98. The van der Waals surface area contributed by atoms with E-state index in [1.165, 1.54) is 0 Å². The molecule has 0 aromatic heterocycles. The molecule has 1 aliphatic heterocycles.